The normalized spacial score (nSPS) is 13.7. The summed E-state index contributed by atoms with van der Waals surface area (Å²) in [7, 11) is 4.50. The number of hydrogen-bond donors (Lipinski definition) is 3. The van der Waals surface area contributed by atoms with Crippen LogP contribution in [-0.4, -0.2) is 40.7 Å². The third-order valence-corrected chi connectivity index (χ3v) is 6.39. The maximum atomic E-state index is 15.1. The van der Waals surface area contributed by atoms with Crippen molar-refractivity contribution in [3.8, 4) is 22.8 Å². The molecule has 37 heavy (non-hydrogen) atoms. The van der Waals surface area contributed by atoms with Gasteiger partial charge in [0.1, 0.15) is 5.75 Å². The van der Waals surface area contributed by atoms with Crippen LogP contribution in [0.3, 0.4) is 0 Å². The number of halogens is 2. The molecule has 4 aromatic rings. The summed E-state index contributed by atoms with van der Waals surface area (Å²) in [4.78, 5) is 28.0. The maximum absolute atomic E-state index is 15.1. The van der Waals surface area contributed by atoms with Crippen molar-refractivity contribution in [2.75, 3.05) is 19.5 Å². The van der Waals surface area contributed by atoms with Gasteiger partial charge in [-0.15, -0.1) is 0 Å². The van der Waals surface area contributed by atoms with Crippen LogP contribution < -0.4 is 20.1 Å². The summed E-state index contributed by atoms with van der Waals surface area (Å²) < 4.78 is 42.2. The number of nitrogens with zero attached hydrogens (tertiary/aromatic N) is 2. The minimum Gasteiger partial charge on any atom is -0.494 e. The molecule has 5 rings (SSSR count). The molecule has 3 heterocycles. The lowest BCUT2D eigenvalue weighted by molar-refractivity contribution is 0.101. The van der Waals surface area contributed by atoms with E-state index < -0.39 is 23.4 Å². The number of methoxy groups -OCH3 is 1. The van der Waals surface area contributed by atoms with Gasteiger partial charge in [0, 0.05) is 42.0 Å². The van der Waals surface area contributed by atoms with E-state index >= 15 is 4.39 Å². The van der Waals surface area contributed by atoms with E-state index in [0.29, 0.717) is 39.3 Å². The Morgan fingerprint density at radius 2 is 1.97 bits per heavy atom. The average molecular weight is 507 g/mol. The van der Waals surface area contributed by atoms with Gasteiger partial charge in [0.15, 0.2) is 17.3 Å². The van der Waals surface area contributed by atoms with E-state index in [2.05, 4.69) is 20.7 Å². The number of carbonyl (C=O) groups excluding carboxylic acids is 2. The number of aromatic nitrogens is 3. The molecule has 1 aliphatic heterocycles. The van der Waals surface area contributed by atoms with Crippen LogP contribution in [0.15, 0.2) is 30.0 Å². The van der Waals surface area contributed by atoms with Gasteiger partial charge in [-0.3, -0.25) is 9.48 Å². The number of aryl methyl sites for hydroxylation is 2. The minimum absolute atomic E-state index is 0.0165. The number of H-pyrrole nitrogens is 1. The number of anilines is 1. The minimum atomic E-state index is -1.13. The quantitative estimate of drug-likeness (QED) is 0.343. The number of aromatic amines is 1. The third kappa shape index (κ3) is 3.79. The topological polar surface area (TPSA) is 110 Å². The van der Waals surface area contributed by atoms with E-state index in [0.717, 1.165) is 5.69 Å². The Morgan fingerprint density at radius 3 is 2.62 bits per heavy atom. The Morgan fingerprint density at radius 1 is 1.22 bits per heavy atom. The number of ether oxygens (including phenoxy) is 2. The summed E-state index contributed by atoms with van der Waals surface area (Å²) in [5.74, 6) is -2.64. The first kappa shape index (κ1) is 24.0. The van der Waals surface area contributed by atoms with Crippen LogP contribution in [0, 0.1) is 25.5 Å². The van der Waals surface area contributed by atoms with E-state index in [4.69, 9.17) is 9.47 Å². The van der Waals surface area contributed by atoms with Gasteiger partial charge in [0.2, 0.25) is 11.6 Å². The predicted molar refractivity (Wildman–Crippen MR) is 134 cm³/mol. The van der Waals surface area contributed by atoms with Crippen molar-refractivity contribution in [1.82, 2.24) is 20.1 Å². The van der Waals surface area contributed by atoms with Crippen molar-refractivity contribution in [2.45, 2.75) is 13.8 Å². The molecule has 1 aliphatic rings. The summed E-state index contributed by atoms with van der Waals surface area (Å²) in [5.41, 5.74) is 3.57. The van der Waals surface area contributed by atoms with Gasteiger partial charge in [-0.2, -0.15) is 9.49 Å². The van der Waals surface area contributed by atoms with Gasteiger partial charge in [-0.25, -0.2) is 9.18 Å². The van der Waals surface area contributed by atoms with Crippen molar-refractivity contribution in [3.05, 3.63) is 64.2 Å². The molecule has 0 spiro atoms. The number of allylic oxidation sites excluding steroid dienone is 1. The number of urea groups is 1. The highest BCUT2D eigenvalue weighted by Gasteiger charge is 2.30. The van der Waals surface area contributed by atoms with E-state index in [9.17, 15) is 14.0 Å². The first-order chi connectivity index (χ1) is 17.6. The lowest BCUT2D eigenvalue weighted by atomic mass is 10.0. The van der Waals surface area contributed by atoms with E-state index in [1.165, 1.54) is 32.4 Å². The van der Waals surface area contributed by atoms with Gasteiger partial charge < -0.3 is 25.1 Å². The smallest absolute Gasteiger partial charge is 0.318 e. The van der Waals surface area contributed by atoms with E-state index in [1.54, 1.807) is 30.8 Å². The zero-order valence-corrected chi connectivity index (χ0v) is 20.7. The molecule has 0 saturated carbocycles. The number of fused-ring (bicyclic) bond motifs is 2. The number of rotatable bonds is 4. The molecule has 2 aromatic heterocycles. The Kier molecular flexibility index (Phi) is 5.70. The lowest BCUT2D eigenvalue weighted by Crippen LogP contribution is -2.24. The van der Waals surface area contributed by atoms with Gasteiger partial charge in [0.05, 0.1) is 29.6 Å². The van der Waals surface area contributed by atoms with Gasteiger partial charge >= 0.3 is 6.03 Å². The Bertz CT molecular complexity index is 1650. The van der Waals surface area contributed by atoms with Gasteiger partial charge in [-0.1, -0.05) is 0 Å². The number of ketones is 1. The van der Waals surface area contributed by atoms with Crippen LogP contribution in [0.1, 0.15) is 27.3 Å². The van der Waals surface area contributed by atoms with Crippen molar-refractivity contribution < 1.29 is 27.8 Å². The Labute approximate surface area is 210 Å². The zero-order valence-electron chi connectivity index (χ0n) is 20.7. The second-order valence-electron chi connectivity index (χ2n) is 8.57. The lowest BCUT2D eigenvalue weighted by Gasteiger charge is -2.05. The summed E-state index contributed by atoms with van der Waals surface area (Å²) in [5, 5.41) is 9.79. The van der Waals surface area contributed by atoms with Crippen molar-refractivity contribution >= 4 is 34.5 Å². The highest BCUT2D eigenvalue weighted by molar-refractivity contribution is 6.16. The molecule has 190 valence electrons. The first-order valence-corrected chi connectivity index (χ1v) is 11.3. The van der Waals surface area contributed by atoms with Crippen molar-refractivity contribution in [1.29, 1.82) is 0 Å². The number of benzene rings is 2. The molecule has 0 bridgehead atoms. The average Bonchev–Trinajstić information content (AvgIpc) is 3.47. The summed E-state index contributed by atoms with van der Waals surface area (Å²) in [6.45, 7) is 3.65. The second kappa shape index (κ2) is 8.77. The molecule has 0 atom stereocenters. The third-order valence-electron chi connectivity index (χ3n) is 6.39. The maximum Gasteiger partial charge on any atom is 0.318 e. The molecule has 0 aliphatic carbocycles. The Hall–Kier alpha value is -4.67. The van der Waals surface area contributed by atoms with Crippen molar-refractivity contribution in [2.24, 2.45) is 7.05 Å². The molecule has 0 radical (unpaired) electrons. The number of carbonyl (C=O) groups is 2. The van der Waals surface area contributed by atoms with Crippen LogP contribution in [-0.2, 0) is 7.05 Å². The zero-order chi connectivity index (χ0) is 26.6. The van der Waals surface area contributed by atoms with E-state index in [-0.39, 0.29) is 22.6 Å². The number of amides is 2. The number of nitrogens with one attached hydrogen (secondary N) is 3. The fourth-order valence-electron chi connectivity index (χ4n) is 4.49. The molecule has 0 fully saturated rings. The summed E-state index contributed by atoms with van der Waals surface area (Å²) >= 11 is 0. The molecule has 9 nitrogen and oxygen atoms in total. The van der Waals surface area contributed by atoms with Gasteiger partial charge in [-0.05, 0) is 44.2 Å². The van der Waals surface area contributed by atoms with Crippen LogP contribution in [0.5, 0.6) is 11.5 Å². The molecule has 3 N–H and O–H groups in total. The SMILES string of the molecule is CNC(=O)Nc1ccc2c(c1)C(=O)C(=Cc1c(-c3c(C)nn(C)c3C)[nH]c3c(F)c(F)c(OC)cc13)O2. The Balaban J connectivity index is 1.70. The fourth-order valence-corrected chi connectivity index (χ4v) is 4.49. The van der Waals surface area contributed by atoms with Crippen LogP contribution in [0.25, 0.3) is 28.2 Å². The summed E-state index contributed by atoms with van der Waals surface area (Å²) in [6, 6.07) is 5.63. The first-order valence-electron chi connectivity index (χ1n) is 11.3. The van der Waals surface area contributed by atoms with Crippen LogP contribution in [0.4, 0.5) is 19.3 Å². The number of Topliss-reactive ketones (excluding diaryl/α,β-unsaturated/α-hetero) is 1. The van der Waals surface area contributed by atoms with Crippen molar-refractivity contribution in [3.63, 3.8) is 0 Å². The van der Waals surface area contributed by atoms with E-state index in [1.807, 2.05) is 6.92 Å². The highest BCUT2D eigenvalue weighted by Crippen LogP contribution is 2.41. The largest absolute Gasteiger partial charge is 0.494 e. The summed E-state index contributed by atoms with van der Waals surface area (Å²) in [6.07, 6.45) is 1.49. The highest BCUT2D eigenvalue weighted by atomic mass is 19.2. The molecule has 0 saturated heterocycles. The van der Waals surface area contributed by atoms with Crippen LogP contribution >= 0.6 is 0 Å². The molecule has 0 unspecified atom stereocenters. The number of hydrogen-bond acceptors (Lipinski definition) is 5. The van der Waals surface area contributed by atoms with Crippen LogP contribution in [0.2, 0.25) is 0 Å². The second-order valence-corrected chi connectivity index (χ2v) is 8.57. The van der Waals surface area contributed by atoms with Gasteiger partial charge in [0.25, 0.3) is 0 Å². The molecule has 2 amide bonds. The fraction of sp³-hybridized carbons (Fsp3) is 0.192. The predicted octanol–water partition coefficient (Wildman–Crippen LogP) is 4.84. The standard InChI is InChI=1S/C26H23F2N5O4/c1-11-20(12(2)33(4)32-11)23-14(15-9-18(36-5)21(27)22(28)24(15)31-23)10-19-25(34)16-8-13(30-26(35)29-3)6-7-17(16)37-19/h6-10,31H,1-5H3,(H2,29,30,35). The molecule has 11 heteroatoms. The molecule has 2 aromatic carbocycles. The molecular formula is C26H23F2N5O4. The molecular weight excluding hydrogens is 484 g/mol. The monoisotopic (exact) mass is 507 g/mol.